The summed E-state index contributed by atoms with van der Waals surface area (Å²) in [6.45, 7) is 0. The van der Waals surface area contributed by atoms with Gasteiger partial charge in [0.25, 0.3) is 5.91 Å². The van der Waals surface area contributed by atoms with Crippen LogP contribution in [0.3, 0.4) is 0 Å². The largest absolute Gasteiger partial charge is 0.382 e. The first kappa shape index (κ1) is 16.1. The molecule has 7 heteroatoms. The maximum absolute atomic E-state index is 12.2. The van der Waals surface area contributed by atoms with Gasteiger partial charge in [0.05, 0.1) is 15.8 Å². The number of oxime groups is 1. The Bertz CT molecular complexity index is 775. The maximum Gasteiger partial charge on any atom is 0.268 e. The Morgan fingerprint density at radius 3 is 2.52 bits per heavy atom. The SMILES string of the molecule is O=C(Nc1ccc(Cl)cc1)[C@@H]1CC(c2ccc(Cl)c(Cl)c2)=NO1. The lowest BCUT2D eigenvalue weighted by atomic mass is 10.0. The Morgan fingerprint density at radius 1 is 1.09 bits per heavy atom. The first-order valence-corrected chi connectivity index (χ1v) is 7.91. The lowest BCUT2D eigenvalue weighted by Gasteiger charge is -2.09. The third-order valence-corrected chi connectivity index (χ3v) is 4.32. The molecule has 2 aromatic rings. The number of benzene rings is 2. The number of nitrogens with one attached hydrogen (secondary N) is 1. The number of nitrogens with zero attached hydrogens (tertiary/aromatic N) is 1. The van der Waals surface area contributed by atoms with E-state index in [2.05, 4.69) is 10.5 Å². The number of carbonyl (C=O) groups is 1. The smallest absolute Gasteiger partial charge is 0.268 e. The van der Waals surface area contributed by atoms with Crippen LogP contribution in [0.15, 0.2) is 47.6 Å². The molecular formula is C16H11Cl3N2O2. The van der Waals surface area contributed by atoms with Crippen molar-refractivity contribution in [3.63, 3.8) is 0 Å². The molecule has 0 saturated carbocycles. The molecule has 1 amide bonds. The highest BCUT2D eigenvalue weighted by Crippen LogP contribution is 2.26. The van der Waals surface area contributed by atoms with Crippen LogP contribution in [0.4, 0.5) is 5.69 Å². The van der Waals surface area contributed by atoms with Crippen LogP contribution in [0.1, 0.15) is 12.0 Å². The van der Waals surface area contributed by atoms with Crippen molar-refractivity contribution in [2.75, 3.05) is 5.32 Å². The van der Waals surface area contributed by atoms with Crippen molar-refractivity contribution in [1.82, 2.24) is 0 Å². The van der Waals surface area contributed by atoms with E-state index in [0.29, 0.717) is 32.9 Å². The number of hydrogen-bond acceptors (Lipinski definition) is 3. The summed E-state index contributed by atoms with van der Waals surface area (Å²) in [6, 6.07) is 12.0. The van der Waals surface area contributed by atoms with Gasteiger partial charge in [0.2, 0.25) is 6.10 Å². The summed E-state index contributed by atoms with van der Waals surface area (Å²) in [5.74, 6) is -0.272. The molecule has 1 atom stereocenters. The van der Waals surface area contributed by atoms with E-state index in [1.165, 1.54) is 0 Å². The topological polar surface area (TPSA) is 50.7 Å². The molecule has 2 aromatic carbocycles. The van der Waals surface area contributed by atoms with Gasteiger partial charge in [-0.1, -0.05) is 46.0 Å². The summed E-state index contributed by atoms with van der Waals surface area (Å²) < 4.78 is 0. The quantitative estimate of drug-likeness (QED) is 0.846. The van der Waals surface area contributed by atoms with E-state index >= 15 is 0 Å². The van der Waals surface area contributed by atoms with Gasteiger partial charge in [0, 0.05) is 22.7 Å². The summed E-state index contributed by atoms with van der Waals surface area (Å²) in [7, 11) is 0. The zero-order chi connectivity index (χ0) is 16.4. The minimum Gasteiger partial charge on any atom is -0.382 e. The third kappa shape index (κ3) is 3.78. The van der Waals surface area contributed by atoms with Crippen molar-refractivity contribution < 1.29 is 9.63 Å². The first-order valence-electron chi connectivity index (χ1n) is 6.77. The molecule has 0 bridgehead atoms. The Hall–Kier alpha value is -1.75. The minimum absolute atomic E-state index is 0.272. The maximum atomic E-state index is 12.2. The molecule has 0 fully saturated rings. The number of anilines is 1. The fourth-order valence-corrected chi connectivity index (χ4v) is 2.54. The highest BCUT2D eigenvalue weighted by atomic mass is 35.5. The van der Waals surface area contributed by atoms with Gasteiger partial charge in [-0.25, -0.2) is 0 Å². The van der Waals surface area contributed by atoms with E-state index in [0.717, 1.165) is 5.56 Å². The molecular weight excluding hydrogens is 359 g/mol. The summed E-state index contributed by atoms with van der Waals surface area (Å²) >= 11 is 17.7. The van der Waals surface area contributed by atoms with Gasteiger partial charge in [-0.15, -0.1) is 0 Å². The third-order valence-electron chi connectivity index (χ3n) is 3.33. The number of amides is 1. The van der Waals surface area contributed by atoms with Crippen LogP contribution in [0.5, 0.6) is 0 Å². The van der Waals surface area contributed by atoms with Crippen molar-refractivity contribution >= 4 is 52.1 Å². The Labute approximate surface area is 148 Å². The van der Waals surface area contributed by atoms with Crippen LogP contribution in [-0.2, 0) is 9.63 Å². The zero-order valence-corrected chi connectivity index (χ0v) is 14.0. The van der Waals surface area contributed by atoms with Crippen LogP contribution >= 0.6 is 34.8 Å². The number of carbonyl (C=O) groups excluding carboxylic acids is 1. The van der Waals surface area contributed by atoms with Gasteiger partial charge in [-0.2, -0.15) is 0 Å². The molecule has 0 spiro atoms. The van der Waals surface area contributed by atoms with Crippen LogP contribution in [0.2, 0.25) is 15.1 Å². The predicted molar refractivity (Wildman–Crippen MR) is 92.6 cm³/mol. The van der Waals surface area contributed by atoms with Crippen molar-refractivity contribution in [2.24, 2.45) is 5.16 Å². The molecule has 0 saturated heterocycles. The number of hydrogen-bond donors (Lipinski definition) is 1. The molecule has 0 aromatic heterocycles. The van der Waals surface area contributed by atoms with Crippen LogP contribution in [0, 0.1) is 0 Å². The highest BCUT2D eigenvalue weighted by molar-refractivity contribution is 6.42. The Morgan fingerprint density at radius 2 is 1.83 bits per heavy atom. The average molecular weight is 370 g/mol. The number of halogens is 3. The van der Waals surface area contributed by atoms with E-state index in [1.807, 2.05) is 0 Å². The average Bonchev–Trinajstić information content (AvgIpc) is 3.02. The van der Waals surface area contributed by atoms with E-state index in [4.69, 9.17) is 39.6 Å². The molecule has 118 valence electrons. The zero-order valence-electron chi connectivity index (χ0n) is 11.7. The fraction of sp³-hybridized carbons (Fsp3) is 0.125. The molecule has 3 rings (SSSR count). The summed E-state index contributed by atoms with van der Waals surface area (Å²) in [4.78, 5) is 17.4. The van der Waals surface area contributed by atoms with E-state index < -0.39 is 6.10 Å². The molecule has 23 heavy (non-hydrogen) atoms. The molecule has 1 N–H and O–H groups in total. The predicted octanol–water partition coefficient (Wildman–Crippen LogP) is 4.78. The second-order valence-corrected chi connectivity index (χ2v) is 6.21. The molecule has 0 unspecified atom stereocenters. The molecule has 0 aliphatic carbocycles. The molecule has 0 radical (unpaired) electrons. The summed E-state index contributed by atoms with van der Waals surface area (Å²) in [6.07, 6.45) is -0.327. The normalized spacial score (nSPS) is 16.7. The van der Waals surface area contributed by atoms with Gasteiger partial charge in [-0.05, 0) is 36.4 Å². The van der Waals surface area contributed by atoms with Gasteiger partial charge < -0.3 is 10.2 Å². The highest BCUT2D eigenvalue weighted by Gasteiger charge is 2.29. The van der Waals surface area contributed by atoms with Gasteiger partial charge in [0.15, 0.2) is 0 Å². The van der Waals surface area contributed by atoms with Crippen molar-refractivity contribution in [1.29, 1.82) is 0 Å². The standard InChI is InChI=1S/C16H11Cl3N2O2/c17-10-2-4-11(5-3-10)20-16(22)15-8-14(21-23-15)9-1-6-12(18)13(19)7-9/h1-7,15H,8H2,(H,20,22)/t15-/m0/s1. The number of rotatable bonds is 3. The monoisotopic (exact) mass is 368 g/mol. The van der Waals surface area contributed by atoms with Crippen molar-refractivity contribution in [3.8, 4) is 0 Å². The van der Waals surface area contributed by atoms with E-state index in [-0.39, 0.29) is 5.91 Å². The first-order chi connectivity index (χ1) is 11.0. The molecule has 1 aliphatic rings. The van der Waals surface area contributed by atoms with Crippen LogP contribution in [-0.4, -0.2) is 17.7 Å². The van der Waals surface area contributed by atoms with Gasteiger partial charge in [-0.3, -0.25) is 4.79 Å². The summed E-state index contributed by atoms with van der Waals surface area (Å²) in [5.41, 5.74) is 2.08. The van der Waals surface area contributed by atoms with Gasteiger partial charge in [0.1, 0.15) is 0 Å². The molecule has 1 aliphatic heterocycles. The second kappa shape index (κ2) is 6.79. The van der Waals surface area contributed by atoms with Crippen LogP contribution in [0.25, 0.3) is 0 Å². The Kier molecular flexibility index (Phi) is 4.76. The summed E-state index contributed by atoms with van der Waals surface area (Å²) in [5, 5.41) is 8.23. The van der Waals surface area contributed by atoms with Gasteiger partial charge >= 0.3 is 0 Å². The Balaban J connectivity index is 1.65. The molecule has 1 heterocycles. The van der Waals surface area contributed by atoms with Crippen molar-refractivity contribution in [3.05, 3.63) is 63.1 Å². The van der Waals surface area contributed by atoms with Crippen molar-refractivity contribution in [2.45, 2.75) is 12.5 Å². The van der Waals surface area contributed by atoms with Crippen LogP contribution < -0.4 is 5.32 Å². The minimum atomic E-state index is -0.685. The lowest BCUT2D eigenvalue weighted by Crippen LogP contribution is -2.28. The molecule has 4 nitrogen and oxygen atoms in total. The lowest BCUT2D eigenvalue weighted by molar-refractivity contribution is -0.125. The van der Waals surface area contributed by atoms with E-state index in [9.17, 15) is 4.79 Å². The fourth-order valence-electron chi connectivity index (χ4n) is 2.12. The van der Waals surface area contributed by atoms with E-state index in [1.54, 1.807) is 42.5 Å². The second-order valence-electron chi connectivity index (χ2n) is 4.96.